The Morgan fingerprint density at radius 2 is 2.05 bits per heavy atom. The Kier molecular flexibility index (Phi) is 3.10. The molecule has 2 saturated heterocycles. The van der Waals surface area contributed by atoms with Crippen LogP contribution < -0.4 is 10.2 Å². The van der Waals surface area contributed by atoms with Gasteiger partial charge in [0, 0.05) is 30.4 Å². The Morgan fingerprint density at radius 1 is 1.29 bits per heavy atom. The molecule has 4 rings (SSSR count). The van der Waals surface area contributed by atoms with Crippen molar-refractivity contribution in [1.29, 1.82) is 0 Å². The number of fused-ring (bicyclic) bond motifs is 3. The Morgan fingerprint density at radius 3 is 2.71 bits per heavy atom. The number of nitrogens with one attached hydrogen (secondary N) is 1. The van der Waals surface area contributed by atoms with Crippen molar-refractivity contribution in [3.8, 4) is 0 Å². The van der Waals surface area contributed by atoms with Crippen molar-refractivity contribution < 1.29 is 0 Å². The molecule has 2 unspecified atom stereocenters. The third-order valence-electron chi connectivity index (χ3n) is 5.02. The van der Waals surface area contributed by atoms with Gasteiger partial charge in [-0.1, -0.05) is 6.07 Å². The third-order valence-corrected chi connectivity index (χ3v) is 5.02. The molecule has 4 heterocycles. The van der Waals surface area contributed by atoms with Crippen molar-refractivity contribution in [2.75, 3.05) is 11.4 Å². The summed E-state index contributed by atoms with van der Waals surface area (Å²) in [6.45, 7) is 5.26. The van der Waals surface area contributed by atoms with Crippen LogP contribution in [0.4, 0.5) is 5.95 Å². The molecule has 21 heavy (non-hydrogen) atoms. The molecule has 5 heteroatoms. The van der Waals surface area contributed by atoms with Crippen LogP contribution in [-0.2, 0) is 0 Å². The van der Waals surface area contributed by atoms with Gasteiger partial charge in [0.1, 0.15) is 0 Å². The second-order valence-electron chi connectivity index (χ2n) is 6.40. The largest absolute Gasteiger partial charge is 0.337 e. The van der Waals surface area contributed by atoms with Gasteiger partial charge in [-0.2, -0.15) is 4.98 Å². The molecule has 2 aliphatic rings. The van der Waals surface area contributed by atoms with E-state index in [1.165, 1.54) is 25.7 Å². The second-order valence-corrected chi connectivity index (χ2v) is 6.40. The molecule has 0 saturated carbocycles. The van der Waals surface area contributed by atoms with E-state index in [-0.39, 0.29) is 0 Å². The highest BCUT2D eigenvalue weighted by atomic mass is 15.4. The molecule has 0 aromatic carbocycles. The Balaban J connectivity index is 1.66. The van der Waals surface area contributed by atoms with E-state index in [0.717, 1.165) is 23.8 Å². The third kappa shape index (κ3) is 2.20. The SMILES string of the molecule is CCN(c1nc2cccc(C)n2n1)C1CC2CCC(C1)N2. The van der Waals surface area contributed by atoms with E-state index < -0.39 is 0 Å². The lowest BCUT2D eigenvalue weighted by Crippen LogP contribution is -2.48. The molecule has 2 bridgehead atoms. The molecular formula is C16H23N5. The molecular weight excluding hydrogens is 262 g/mol. The average Bonchev–Trinajstić information content (AvgIpc) is 3.04. The Bertz CT molecular complexity index is 637. The maximum Gasteiger partial charge on any atom is 0.245 e. The first-order chi connectivity index (χ1) is 10.2. The molecule has 0 amide bonds. The summed E-state index contributed by atoms with van der Waals surface area (Å²) in [6.07, 6.45) is 5.10. The number of hydrogen-bond acceptors (Lipinski definition) is 4. The maximum atomic E-state index is 4.75. The smallest absolute Gasteiger partial charge is 0.245 e. The van der Waals surface area contributed by atoms with E-state index in [2.05, 4.69) is 30.1 Å². The summed E-state index contributed by atoms with van der Waals surface area (Å²) in [4.78, 5) is 7.15. The van der Waals surface area contributed by atoms with Crippen LogP contribution in [0.15, 0.2) is 18.2 Å². The summed E-state index contributed by atoms with van der Waals surface area (Å²) < 4.78 is 1.95. The molecule has 1 N–H and O–H groups in total. The zero-order valence-electron chi connectivity index (χ0n) is 12.8. The summed E-state index contributed by atoms with van der Waals surface area (Å²) in [6, 6.07) is 8.12. The summed E-state index contributed by atoms with van der Waals surface area (Å²) in [5.74, 6) is 0.887. The van der Waals surface area contributed by atoms with Crippen LogP contribution in [0, 0.1) is 6.92 Å². The molecule has 112 valence electrons. The van der Waals surface area contributed by atoms with E-state index in [4.69, 9.17) is 10.1 Å². The van der Waals surface area contributed by atoms with Gasteiger partial charge in [-0.25, -0.2) is 4.52 Å². The number of aromatic nitrogens is 3. The molecule has 2 atom stereocenters. The molecule has 5 nitrogen and oxygen atoms in total. The maximum absolute atomic E-state index is 4.75. The summed E-state index contributed by atoms with van der Waals surface area (Å²) >= 11 is 0. The van der Waals surface area contributed by atoms with Gasteiger partial charge >= 0.3 is 0 Å². The van der Waals surface area contributed by atoms with Gasteiger partial charge in [0.25, 0.3) is 0 Å². The van der Waals surface area contributed by atoms with Gasteiger partial charge in [0.05, 0.1) is 0 Å². The number of piperidine rings is 1. The van der Waals surface area contributed by atoms with Crippen LogP contribution in [0.2, 0.25) is 0 Å². The van der Waals surface area contributed by atoms with E-state index in [9.17, 15) is 0 Å². The minimum absolute atomic E-state index is 0.575. The first-order valence-electron chi connectivity index (χ1n) is 8.09. The number of aryl methyl sites for hydroxylation is 1. The molecule has 2 aromatic rings. The Hall–Kier alpha value is -1.62. The first kappa shape index (κ1) is 13.1. The second kappa shape index (κ2) is 4.98. The van der Waals surface area contributed by atoms with E-state index >= 15 is 0 Å². The molecule has 0 aliphatic carbocycles. The van der Waals surface area contributed by atoms with Gasteiger partial charge in [-0.05, 0) is 51.7 Å². The number of pyridine rings is 1. The highest BCUT2D eigenvalue weighted by Crippen LogP contribution is 2.31. The van der Waals surface area contributed by atoms with Crippen LogP contribution >= 0.6 is 0 Å². The molecule has 2 fully saturated rings. The number of rotatable bonds is 3. The lowest BCUT2D eigenvalue weighted by atomic mass is 9.98. The first-order valence-corrected chi connectivity index (χ1v) is 8.09. The van der Waals surface area contributed by atoms with Crippen LogP contribution in [0.3, 0.4) is 0 Å². The summed E-state index contributed by atoms with van der Waals surface area (Å²) in [5.41, 5.74) is 2.08. The van der Waals surface area contributed by atoms with Crippen molar-refractivity contribution in [1.82, 2.24) is 19.9 Å². The monoisotopic (exact) mass is 285 g/mol. The fraction of sp³-hybridized carbons (Fsp3) is 0.625. The minimum atomic E-state index is 0.575. The van der Waals surface area contributed by atoms with E-state index in [1.807, 2.05) is 16.6 Å². The van der Waals surface area contributed by atoms with Crippen LogP contribution in [0.5, 0.6) is 0 Å². The highest BCUT2D eigenvalue weighted by Gasteiger charge is 2.36. The fourth-order valence-corrected chi connectivity index (χ4v) is 3.99. The Labute approximate surface area is 125 Å². The zero-order valence-corrected chi connectivity index (χ0v) is 12.8. The van der Waals surface area contributed by atoms with Gasteiger partial charge in [-0.3, -0.25) is 0 Å². The summed E-state index contributed by atoms with van der Waals surface area (Å²) in [7, 11) is 0. The molecule has 0 spiro atoms. The number of hydrogen-bond donors (Lipinski definition) is 1. The van der Waals surface area contributed by atoms with E-state index in [1.54, 1.807) is 0 Å². The number of anilines is 1. The van der Waals surface area contributed by atoms with Crippen LogP contribution in [0.25, 0.3) is 5.65 Å². The van der Waals surface area contributed by atoms with Gasteiger partial charge in [0.2, 0.25) is 5.95 Å². The molecule has 0 radical (unpaired) electrons. The predicted octanol–water partition coefficient (Wildman–Crippen LogP) is 2.15. The van der Waals surface area contributed by atoms with Crippen LogP contribution in [-0.4, -0.2) is 39.3 Å². The van der Waals surface area contributed by atoms with Crippen molar-refractivity contribution >= 4 is 11.6 Å². The average molecular weight is 285 g/mol. The zero-order chi connectivity index (χ0) is 14.4. The van der Waals surface area contributed by atoms with Crippen molar-refractivity contribution in [2.24, 2.45) is 0 Å². The van der Waals surface area contributed by atoms with Crippen molar-refractivity contribution in [3.63, 3.8) is 0 Å². The molecule has 2 aromatic heterocycles. The minimum Gasteiger partial charge on any atom is -0.337 e. The fourth-order valence-electron chi connectivity index (χ4n) is 3.99. The molecule has 2 aliphatic heterocycles. The highest BCUT2D eigenvalue weighted by molar-refractivity contribution is 5.46. The lowest BCUT2D eigenvalue weighted by Gasteiger charge is -2.36. The summed E-state index contributed by atoms with van der Waals surface area (Å²) in [5, 5.41) is 8.45. The van der Waals surface area contributed by atoms with Gasteiger partial charge in [-0.15, -0.1) is 5.10 Å². The van der Waals surface area contributed by atoms with Crippen LogP contribution in [0.1, 0.15) is 38.3 Å². The van der Waals surface area contributed by atoms with Crippen molar-refractivity contribution in [2.45, 2.75) is 57.7 Å². The van der Waals surface area contributed by atoms with E-state index in [0.29, 0.717) is 18.1 Å². The number of nitrogens with zero attached hydrogens (tertiary/aromatic N) is 4. The topological polar surface area (TPSA) is 45.5 Å². The lowest BCUT2D eigenvalue weighted by molar-refractivity contribution is 0.347. The predicted molar refractivity (Wildman–Crippen MR) is 83.7 cm³/mol. The van der Waals surface area contributed by atoms with Gasteiger partial charge in [0.15, 0.2) is 5.65 Å². The standard InChI is InChI=1S/C16H23N5/c1-3-20(14-9-12-7-8-13(10-14)17-12)16-18-15-6-4-5-11(2)21(15)19-16/h4-6,12-14,17H,3,7-10H2,1-2H3. The van der Waals surface area contributed by atoms with Gasteiger partial charge < -0.3 is 10.2 Å². The van der Waals surface area contributed by atoms with Crippen molar-refractivity contribution in [3.05, 3.63) is 23.9 Å². The quantitative estimate of drug-likeness (QED) is 0.938. The normalized spacial score (nSPS) is 28.2.